The van der Waals surface area contributed by atoms with Gasteiger partial charge in [-0.25, -0.2) is 0 Å². The van der Waals surface area contributed by atoms with Crippen molar-refractivity contribution in [2.24, 2.45) is 0 Å². The Labute approximate surface area is 143 Å². The molecule has 124 valence electrons. The maximum atomic E-state index is 6.28. The zero-order valence-corrected chi connectivity index (χ0v) is 13.9. The van der Waals surface area contributed by atoms with Crippen molar-refractivity contribution < 1.29 is 9.47 Å². The van der Waals surface area contributed by atoms with Crippen LogP contribution in [0.5, 0.6) is 5.75 Å². The first kappa shape index (κ1) is 14.5. The van der Waals surface area contributed by atoms with Crippen molar-refractivity contribution in [3.8, 4) is 5.75 Å². The third-order valence-corrected chi connectivity index (χ3v) is 5.95. The van der Waals surface area contributed by atoms with E-state index < -0.39 is 0 Å². The number of para-hydroxylation sites is 1. The fraction of sp³-hybridized carbons (Fsp3) is 0.429. The highest BCUT2D eigenvalue weighted by Crippen LogP contribution is 2.44. The molecule has 0 radical (unpaired) electrons. The summed E-state index contributed by atoms with van der Waals surface area (Å²) in [7, 11) is 0. The van der Waals surface area contributed by atoms with Crippen LogP contribution in [0.25, 0.3) is 0 Å². The van der Waals surface area contributed by atoms with E-state index in [0.29, 0.717) is 5.92 Å². The molecule has 3 aliphatic rings. The van der Waals surface area contributed by atoms with E-state index in [9.17, 15) is 0 Å². The van der Waals surface area contributed by atoms with Crippen molar-refractivity contribution in [3.63, 3.8) is 0 Å². The van der Waals surface area contributed by atoms with Crippen LogP contribution in [-0.2, 0) is 16.9 Å². The SMILES string of the molecule is c1ccc2c(c1)COC21CCN(CC2COc3ccccc32)CC1. The van der Waals surface area contributed by atoms with Gasteiger partial charge in [0.15, 0.2) is 0 Å². The van der Waals surface area contributed by atoms with Crippen LogP contribution in [0, 0.1) is 0 Å². The second kappa shape index (κ2) is 5.61. The van der Waals surface area contributed by atoms with E-state index in [4.69, 9.17) is 9.47 Å². The van der Waals surface area contributed by atoms with Gasteiger partial charge in [-0.3, -0.25) is 0 Å². The van der Waals surface area contributed by atoms with Gasteiger partial charge in [0.1, 0.15) is 5.75 Å². The smallest absolute Gasteiger partial charge is 0.122 e. The van der Waals surface area contributed by atoms with Gasteiger partial charge in [0.05, 0.1) is 18.8 Å². The molecule has 3 heteroatoms. The average Bonchev–Trinajstić information content (AvgIpc) is 3.20. The van der Waals surface area contributed by atoms with Gasteiger partial charge >= 0.3 is 0 Å². The molecule has 5 rings (SSSR count). The lowest BCUT2D eigenvalue weighted by Gasteiger charge is -2.40. The van der Waals surface area contributed by atoms with Gasteiger partial charge in [-0.15, -0.1) is 0 Å². The number of rotatable bonds is 2. The van der Waals surface area contributed by atoms with Gasteiger partial charge in [0.25, 0.3) is 0 Å². The molecule has 1 spiro atoms. The van der Waals surface area contributed by atoms with Crippen LogP contribution < -0.4 is 4.74 Å². The summed E-state index contributed by atoms with van der Waals surface area (Å²) in [5.74, 6) is 1.58. The fourth-order valence-electron chi connectivity index (χ4n) is 4.59. The number of fused-ring (bicyclic) bond motifs is 3. The molecule has 0 saturated carbocycles. The predicted molar refractivity (Wildman–Crippen MR) is 93.3 cm³/mol. The normalized spacial score (nSPS) is 24.6. The minimum atomic E-state index is -0.0306. The summed E-state index contributed by atoms with van der Waals surface area (Å²) in [6, 6.07) is 17.2. The van der Waals surface area contributed by atoms with Gasteiger partial charge < -0.3 is 14.4 Å². The number of benzene rings is 2. The Morgan fingerprint density at radius 3 is 2.71 bits per heavy atom. The van der Waals surface area contributed by atoms with E-state index in [1.807, 2.05) is 0 Å². The molecule has 0 aliphatic carbocycles. The van der Waals surface area contributed by atoms with Gasteiger partial charge in [0, 0.05) is 31.1 Å². The Balaban J connectivity index is 1.27. The molecule has 1 fully saturated rings. The molecule has 0 amide bonds. The van der Waals surface area contributed by atoms with E-state index in [2.05, 4.69) is 53.4 Å². The monoisotopic (exact) mass is 321 g/mol. The molecule has 1 saturated heterocycles. The van der Waals surface area contributed by atoms with Crippen molar-refractivity contribution >= 4 is 0 Å². The van der Waals surface area contributed by atoms with Crippen molar-refractivity contribution in [3.05, 3.63) is 65.2 Å². The summed E-state index contributed by atoms with van der Waals surface area (Å²) in [6.45, 7) is 4.90. The summed E-state index contributed by atoms with van der Waals surface area (Å²) in [5.41, 5.74) is 4.15. The van der Waals surface area contributed by atoms with Crippen LogP contribution in [-0.4, -0.2) is 31.1 Å². The van der Waals surface area contributed by atoms with Gasteiger partial charge in [-0.1, -0.05) is 42.5 Å². The molecule has 1 atom stereocenters. The molecular weight excluding hydrogens is 298 g/mol. The maximum absolute atomic E-state index is 6.28. The third-order valence-electron chi connectivity index (χ3n) is 5.95. The summed E-state index contributed by atoms with van der Waals surface area (Å²) in [5, 5.41) is 0. The van der Waals surface area contributed by atoms with Crippen LogP contribution in [0.4, 0.5) is 0 Å². The zero-order valence-electron chi connectivity index (χ0n) is 13.9. The van der Waals surface area contributed by atoms with Gasteiger partial charge in [-0.2, -0.15) is 0 Å². The van der Waals surface area contributed by atoms with Crippen LogP contribution in [0.2, 0.25) is 0 Å². The summed E-state index contributed by atoms with van der Waals surface area (Å²) in [4.78, 5) is 2.59. The average molecular weight is 321 g/mol. The fourth-order valence-corrected chi connectivity index (χ4v) is 4.59. The minimum absolute atomic E-state index is 0.0306. The van der Waals surface area contributed by atoms with Crippen LogP contribution in [0.15, 0.2) is 48.5 Å². The lowest BCUT2D eigenvalue weighted by Crippen LogP contribution is -2.44. The standard InChI is InChI=1S/C21H23NO2/c1-3-7-19-16(5-1)15-24-21(19)9-11-22(12-10-21)13-17-14-23-20-8-4-2-6-18(17)20/h1-8,17H,9-15H2. The largest absolute Gasteiger partial charge is 0.493 e. The number of ether oxygens (including phenoxy) is 2. The van der Waals surface area contributed by atoms with Gasteiger partial charge in [0.2, 0.25) is 0 Å². The molecule has 0 N–H and O–H groups in total. The van der Waals surface area contributed by atoms with E-state index >= 15 is 0 Å². The Hall–Kier alpha value is -1.84. The summed E-state index contributed by atoms with van der Waals surface area (Å²) in [6.07, 6.45) is 2.19. The number of hydrogen-bond donors (Lipinski definition) is 0. The molecule has 0 bridgehead atoms. The van der Waals surface area contributed by atoms with Crippen molar-refractivity contribution in [2.45, 2.75) is 31.0 Å². The molecule has 3 heterocycles. The highest BCUT2D eigenvalue weighted by Gasteiger charge is 2.42. The molecule has 3 aliphatic heterocycles. The second-order valence-corrected chi connectivity index (χ2v) is 7.29. The molecule has 0 aromatic heterocycles. The first-order valence-electron chi connectivity index (χ1n) is 9.00. The van der Waals surface area contributed by atoms with Gasteiger partial charge in [-0.05, 0) is 30.0 Å². The molecule has 24 heavy (non-hydrogen) atoms. The first-order chi connectivity index (χ1) is 11.8. The molecular formula is C21H23NO2. The van der Waals surface area contributed by atoms with Crippen LogP contribution in [0.1, 0.15) is 35.4 Å². The Morgan fingerprint density at radius 1 is 1.00 bits per heavy atom. The number of hydrogen-bond acceptors (Lipinski definition) is 3. The Bertz CT molecular complexity index is 749. The van der Waals surface area contributed by atoms with Crippen molar-refractivity contribution in [2.75, 3.05) is 26.2 Å². The molecule has 2 aromatic rings. The summed E-state index contributed by atoms with van der Waals surface area (Å²) < 4.78 is 12.1. The molecule has 1 unspecified atom stereocenters. The van der Waals surface area contributed by atoms with Crippen molar-refractivity contribution in [1.29, 1.82) is 0 Å². The number of likely N-dealkylation sites (tertiary alicyclic amines) is 1. The number of piperidine rings is 1. The maximum Gasteiger partial charge on any atom is 0.122 e. The number of nitrogens with zero attached hydrogens (tertiary/aromatic N) is 1. The quantitative estimate of drug-likeness (QED) is 0.842. The minimum Gasteiger partial charge on any atom is -0.493 e. The van der Waals surface area contributed by atoms with E-state index in [1.54, 1.807) is 0 Å². The Morgan fingerprint density at radius 2 is 1.79 bits per heavy atom. The Kier molecular flexibility index (Phi) is 3.39. The third kappa shape index (κ3) is 2.27. The lowest BCUT2D eigenvalue weighted by molar-refractivity contribution is -0.0794. The second-order valence-electron chi connectivity index (χ2n) is 7.29. The molecule has 2 aromatic carbocycles. The van der Waals surface area contributed by atoms with E-state index in [1.165, 1.54) is 16.7 Å². The van der Waals surface area contributed by atoms with E-state index in [0.717, 1.165) is 51.4 Å². The van der Waals surface area contributed by atoms with Crippen LogP contribution >= 0.6 is 0 Å². The molecule has 3 nitrogen and oxygen atoms in total. The highest BCUT2D eigenvalue weighted by molar-refractivity contribution is 5.40. The topological polar surface area (TPSA) is 21.7 Å². The predicted octanol–water partition coefficient (Wildman–Crippen LogP) is 3.68. The van der Waals surface area contributed by atoms with Crippen molar-refractivity contribution in [1.82, 2.24) is 4.90 Å². The van der Waals surface area contributed by atoms with E-state index in [-0.39, 0.29) is 5.60 Å². The highest BCUT2D eigenvalue weighted by atomic mass is 16.5. The van der Waals surface area contributed by atoms with Crippen LogP contribution in [0.3, 0.4) is 0 Å². The zero-order chi connectivity index (χ0) is 16.0. The first-order valence-corrected chi connectivity index (χ1v) is 9.00. The summed E-state index contributed by atoms with van der Waals surface area (Å²) >= 11 is 0. The lowest BCUT2D eigenvalue weighted by atomic mass is 9.83.